The van der Waals surface area contributed by atoms with Crippen molar-refractivity contribution in [3.8, 4) is 11.5 Å². The lowest BCUT2D eigenvalue weighted by Crippen LogP contribution is -2.48. The van der Waals surface area contributed by atoms with Gasteiger partial charge in [0.25, 0.3) is 0 Å². The Morgan fingerprint density at radius 1 is 1.18 bits per heavy atom. The first kappa shape index (κ1) is 24.6. The van der Waals surface area contributed by atoms with Crippen molar-refractivity contribution in [2.75, 3.05) is 20.8 Å². The minimum absolute atomic E-state index is 0.0497. The number of halogens is 1. The fourth-order valence-electron chi connectivity index (χ4n) is 4.47. The van der Waals surface area contributed by atoms with Gasteiger partial charge in [-0.2, -0.15) is 0 Å². The summed E-state index contributed by atoms with van der Waals surface area (Å²) in [6.07, 6.45) is 2.56. The summed E-state index contributed by atoms with van der Waals surface area (Å²) in [5.41, 5.74) is 1.47. The zero-order chi connectivity index (χ0) is 24.0. The number of hydrogen-bond acceptors (Lipinski definition) is 4. The lowest BCUT2D eigenvalue weighted by molar-refractivity contribution is -0.143. The number of benzene rings is 2. The Morgan fingerprint density at radius 3 is 2.58 bits per heavy atom. The topological polar surface area (TPSA) is 67.9 Å². The SMILES string of the molecule is CCCCN1C(=O)CCC(C(=O)NC(C)c2ccc(OC)c(F)c2)C1c1ccccc1OC. The molecule has 3 unspecified atom stereocenters. The van der Waals surface area contributed by atoms with Crippen LogP contribution in [0.1, 0.15) is 62.7 Å². The summed E-state index contributed by atoms with van der Waals surface area (Å²) in [7, 11) is 3.01. The van der Waals surface area contributed by atoms with E-state index in [1.807, 2.05) is 36.1 Å². The van der Waals surface area contributed by atoms with Crippen molar-refractivity contribution >= 4 is 11.8 Å². The molecule has 2 amide bonds. The Hall–Kier alpha value is -3.09. The van der Waals surface area contributed by atoms with Gasteiger partial charge in [-0.15, -0.1) is 0 Å². The predicted octanol–water partition coefficient (Wildman–Crippen LogP) is 4.80. The minimum atomic E-state index is -0.475. The molecule has 0 spiro atoms. The number of para-hydroxylation sites is 1. The molecule has 0 saturated carbocycles. The van der Waals surface area contributed by atoms with E-state index in [1.165, 1.54) is 13.2 Å². The molecule has 3 rings (SSSR count). The molecule has 1 aliphatic heterocycles. The monoisotopic (exact) mass is 456 g/mol. The van der Waals surface area contributed by atoms with Gasteiger partial charge in [0.05, 0.1) is 32.2 Å². The van der Waals surface area contributed by atoms with E-state index in [9.17, 15) is 14.0 Å². The van der Waals surface area contributed by atoms with Gasteiger partial charge in [0, 0.05) is 18.5 Å². The van der Waals surface area contributed by atoms with E-state index < -0.39 is 23.8 Å². The highest BCUT2D eigenvalue weighted by molar-refractivity contribution is 5.85. The normalized spacial score (nSPS) is 19.2. The second-order valence-electron chi connectivity index (χ2n) is 8.40. The molecule has 0 aliphatic carbocycles. The first-order valence-electron chi connectivity index (χ1n) is 11.5. The average molecular weight is 457 g/mol. The minimum Gasteiger partial charge on any atom is -0.496 e. The second kappa shape index (κ2) is 11.2. The van der Waals surface area contributed by atoms with Crippen LogP contribution in [0.15, 0.2) is 42.5 Å². The van der Waals surface area contributed by atoms with E-state index in [4.69, 9.17) is 9.47 Å². The number of nitrogens with one attached hydrogen (secondary N) is 1. The molecule has 178 valence electrons. The number of carbonyl (C=O) groups excluding carboxylic acids is 2. The third-order valence-electron chi connectivity index (χ3n) is 6.29. The quantitative estimate of drug-likeness (QED) is 0.589. The van der Waals surface area contributed by atoms with Crippen molar-refractivity contribution in [3.63, 3.8) is 0 Å². The number of unbranched alkanes of at least 4 members (excludes halogenated alkanes) is 1. The van der Waals surface area contributed by atoms with Crippen LogP contribution in [0, 0.1) is 11.7 Å². The third kappa shape index (κ3) is 5.46. The van der Waals surface area contributed by atoms with Crippen LogP contribution in [-0.4, -0.2) is 37.5 Å². The molecular weight excluding hydrogens is 423 g/mol. The van der Waals surface area contributed by atoms with E-state index in [0.29, 0.717) is 30.7 Å². The van der Waals surface area contributed by atoms with Crippen molar-refractivity contribution in [2.24, 2.45) is 5.92 Å². The number of ether oxygens (including phenoxy) is 2. The molecule has 0 aromatic heterocycles. The average Bonchev–Trinajstić information content (AvgIpc) is 2.82. The van der Waals surface area contributed by atoms with Gasteiger partial charge in [-0.1, -0.05) is 37.6 Å². The number of amides is 2. The van der Waals surface area contributed by atoms with Crippen molar-refractivity contribution in [1.29, 1.82) is 0 Å². The molecule has 1 aliphatic rings. The van der Waals surface area contributed by atoms with E-state index in [1.54, 1.807) is 19.2 Å². The largest absolute Gasteiger partial charge is 0.496 e. The highest BCUT2D eigenvalue weighted by Gasteiger charge is 2.41. The molecule has 1 fully saturated rings. The van der Waals surface area contributed by atoms with Crippen LogP contribution >= 0.6 is 0 Å². The maximum absolute atomic E-state index is 14.2. The van der Waals surface area contributed by atoms with Crippen molar-refractivity contribution < 1.29 is 23.5 Å². The van der Waals surface area contributed by atoms with Crippen LogP contribution in [0.25, 0.3) is 0 Å². The zero-order valence-corrected chi connectivity index (χ0v) is 19.8. The molecule has 33 heavy (non-hydrogen) atoms. The van der Waals surface area contributed by atoms with Gasteiger partial charge in [-0.05, 0) is 43.5 Å². The van der Waals surface area contributed by atoms with Gasteiger partial charge < -0.3 is 19.7 Å². The second-order valence-corrected chi connectivity index (χ2v) is 8.40. The molecule has 7 heteroatoms. The van der Waals surface area contributed by atoms with Crippen molar-refractivity contribution in [1.82, 2.24) is 10.2 Å². The molecule has 6 nitrogen and oxygen atoms in total. The van der Waals surface area contributed by atoms with Crippen LogP contribution < -0.4 is 14.8 Å². The summed E-state index contributed by atoms with van der Waals surface area (Å²) >= 11 is 0. The number of hydrogen-bond donors (Lipinski definition) is 1. The molecule has 3 atom stereocenters. The van der Waals surface area contributed by atoms with Crippen LogP contribution in [0.2, 0.25) is 0 Å². The van der Waals surface area contributed by atoms with Gasteiger partial charge in [0.15, 0.2) is 11.6 Å². The van der Waals surface area contributed by atoms with Gasteiger partial charge in [-0.25, -0.2) is 4.39 Å². The van der Waals surface area contributed by atoms with E-state index in [0.717, 1.165) is 18.4 Å². The molecule has 2 aromatic rings. The van der Waals surface area contributed by atoms with Crippen molar-refractivity contribution in [3.05, 3.63) is 59.4 Å². The van der Waals surface area contributed by atoms with Gasteiger partial charge >= 0.3 is 0 Å². The molecule has 1 heterocycles. The Kier molecular flexibility index (Phi) is 8.31. The zero-order valence-electron chi connectivity index (χ0n) is 19.8. The van der Waals surface area contributed by atoms with Crippen LogP contribution in [0.5, 0.6) is 11.5 Å². The van der Waals surface area contributed by atoms with Crippen LogP contribution in [0.3, 0.4) is 0 Å². The fourth-order valence-corrected chi connectivity index (χ4v) is 4.47. The summed E-state index contributed by atoms with van der Waals surface area (Å²) in [5, 5.41) is 3.03. The molecule has 2 aromatic carbocycles. The lowest BCUT2D eigenvalue weighted by atomic mass is 9.82. The molecule has 1 saturated heterocycles. The number of rotatable bonds is 9. The lowest BCUT2D eigenvalue weighted by Gasteiger charge is -2.41. The standard InChI is InChI=1S/C26H33FN2O4/c1-5-6-15-29-24(30)14-12-20(25(29)19-9-7-8-10-22(19)32-3)26(31)28-17(2)18-11-13-23(33-4)21(27)16-18/h7-11,13,16-17,20,25H,5-6,12,14-15H2,1-4H3,(H,28,31). The fraction of sp³-hybridized carbons (Fsp3) is 0.462. The van der Waals surface area contributed by atoms with Gasteiger partial charge in [-0.3, -0.25) is 9.59 Å². The Bertz CT molecular complexity index is 981. The molecule has 0 radical (unpaired) electrons. The smallest absolute Gasteiger partial charge is 0.226 e. The number of piperidine rings is 1. The van der Waals surface area contributed by atoms with Crippen LogP contribution in [0.4, 0.5) is 4.39 Å². The highest BCUT2D eigenvalue weighted by Crippen LogP contribution is 2.41. The molecular formula is C26H33FN2O4. The van der Waals surface area contributed by atoms with Gasteiger partial charge in [0.2, 0.25) is 11.8 Å². The van der Waals surface area contributed by atoms with Gasteiger partial charge in [0.1, 0.15) is 5.75 Å². The number of likely N-dealkylation sites (tertiary alicyclic amines) is 1. The van der Waals surface area contributed by atoms with E-state index >= 15 is 0 Å². The van der Waals surface area contributed by atoms with E-state index in [2.05, 4.69) is 12.2 Å². The first-order chi connectivity index (χ1) is 15.9. The Morgan fingerprint density at radius 2 is 1.91 bits per heavy atom. The number of nitrogens with zero attached hydrogens (tertiary/aromatic N) is 1. The maximum atomic E-state index is 14.2. The summed E-state index contributed by atoms with van der Waals surface area (Å²) in [6, 6.07) is 11.4. The molecule has 1 N–H and O–H groups in total. The van der Waals surface area contributed by atoms with E-state index in [-0.39, 0.29) is 17.6 Å². The number of methoxy groups -OCH3 is 2. The summed E-state index contributed by atoms with van der Waals surface area (Å²) in [6.45, 7) is 4.48. The van der Waals surface area contributed by atoms with Crippen LogP contribution in [-0.2, 0) is 9.59 Å². The maximum Gasteiger partial charge on any atom is 0.226 e. The highest BCUT2D eigenvalue weighted by atomic mass is 19.1. The molecule has 0 bridgehead atoms. The summed E-state index contributed by atoms with van der Waals surface area (Å²) < 4.78 is 24.7. The Labute approximate surface area is 195 Å². The summed E-state index contributed by atoms with van der Waals surface area (Å²) in [4.78, 5) is 28.2. The van der Waals surface area contributed by atoms with Crippen molar-refractivity contribution in [2.45, 2.75) is 51.6 Å². The number of carbonyl (C=O) groups is 2. The first-order valence-corrected chi connectivity index (χ1v) is 11.5. The predicted molar refractivity (Wildman–Crippen MR) is 125 cm³/mol. The Balaban J connectivity index is 1.90. The third-order valence-corrected chi connectivity index (χ3v) is 6.29. The summed E-state index contributed by atoms with van der Waals surface area (Å²) in [5.74, 6) is -0.219.